The van der Waals surface area contributed by atoms with E-state index in [2.05, 4.69) is 25.9 Å². The van der Waals surface area contributed by atoms with Crippen LogP contribution in [-0.4, -0.2) is 33.9 Å². The predicted molar refractivity (Wildman–Crippen MR) is 93.9 cm³/mol. The van der Waals surface area contributed by atoms with Crippen molar-refractivity contribution >= 4 is 17.6 Å². The van der Waals surface area contributed by atoms with Gasteiger partial charge in [-0.1, -0.05) is 12.1 Å². The zero-order chi connectivity index (χ0) is 17.6. The first-order valence-electron chi connectivity index (χ1n) is 8.31. The van der Waals surface area contributed by atoms with E-state index in [9.17, 15) is 9.59 Å². The Kier molecular flexibility index (Phi) is 5.23. The van der Waals surface area contributed by atoms with Crippen LogP contribution in [-0.2, 0) is 11.3 Å². The molecule has 2 atom stereocenters. The largest absolute Gasteiger partial charge is 0.366 e. The third-order valence-electron chi connectivity index (χ3n) is 4.24. The van der Waals surface area contributed by atoms with E-state index in [1.165, 1.54) is 6.33 Å². The molecule has 7 nitrogen and oxygen atoms in total. The van der Waals surface area contributed by atoms with E-state index in [1.807, 2.05) is 25.1 Å². The maximum absolute atomic E-state index is 12.5. The molecule has 1 fully saturated rings. The summed E-state index contributed by atoms with van der Waals surface area (Å²) in [5.74, 6) is 0.643. The molecule has 3 rings (SSSR count). The van der Waals surface area contributed by atoms with Crippen molar-refractivity contribution in [3.63, 3.8) is 0 Å². The summed E-state index contributed by atoms with van der Waals surface area (Å²) in [5, 5.41) is 9.06. The molecular formula is C18H21N5O2. The van der Waals surface area contributed by atoms with Crippen LogP contribution in [0.4, 0.5) is 5.82 Å². The molecule has 0 radical (unpaired) electrons. The average Bonchev–Trinajstić information content (AvgIpc) is 2.63. The fraction of sp³-hybridized carbons (Fsp3) is 0.333. The molecule has 0 bridgehead atoms. The van der Waals surface area contributed by atoms with Gasteiger partial charge in [0.15, 0.2) is 0 Å². The zero-order valence-corrected chi connectivity index (χ0v) is 14.0. The number of piperidine rings is 1. The number of carbonyl (C=O) groups excluding carboxylic acids is 2. The maximum Gasteiger partial charge on any atom is 0.251 e. The van der Waals surface area contributed by atoms with E-state index in [-0.39, 0.29) is 23.9 Å². The first kappa shape index (κ1) is 16.9. The van der Waals surface area contributed by atoms with Crippen molar-refractivity contribution in [2.24, 2.45) is 0 Å². The molecule has 0 spiro atoms. The number of carbonyl (C=O) groups is 2. The molecular weight excluding hydrogens is 318 g/mol. The normalized spacial score (nSPS) is 19.8. The van der Waals surface area contributed by atoms with Gasteiger partial charge in [-0.2, -0.15) is 0 Å². The van der Waals surface area contributed by atoms with Gasteiger partial charge in [-0.15, -0.1) is 0 Å². The predicted octanol–water partition coefficient (Wildman–Crippen LogP) is 1.49. The number of hydrogen-bond donors (Lipinski definition) is 3. The van der Waals surface area contributed by atoms with E-state index in [1.54, 1.807) is 18.3 Å². The summed E-state index contributed by atoms with van der Waals surface area (Å²) in [5.41, 5.74) is 1.59. The molecule has 1 saturated heterocycles. The Bertz CT molecular complexity index is 750. The molecule has 7 heteroatoms. The standard InChI is InChI=1S/C18H21N5O2/c1-12-15(5-6-17(24)22-12)23-18(25)14-4-2-3-13(9-14)10-20-16-7-8-19-11-21-16/h2-4,7-9,11-12,15H,5-6,10H2,1H3,(H,22,24)(H,23,25)(H,19,20,21). The van der Waals surface area contributed by atoms with Gasteiger partial charge >= 0.3 is 0 Å². The lowest BCUT2D eigenvalue weighted by Gasteiger charge is -2.30. The minimum atomic E-state index is -0.128. The molecule has 2 amide bonds. The molecule has 3 N–H and O–H groups in total. The highest BCUT2D eigenvalue weighted by Crippen LogP contribution is 2.12. The Morgan fingerprint density at radius 2 is 2.24 bits per heavy atom. The Hall–Kier alpha value is -2.96. The monoisotopic (exact) mass is 339 g/mol. The van der Waals surface area contributed by atoms with E-state index in [0.29, 0.717) is 24.9 Å². The summed E-state index contributed by atoms with van der Waals surface area (Å²) in [7, 11) is 0. The minimum Gasteiger partial charge on any atom is -0.366 e. The van der Waals surface area contributed by atoms with Crippen molar-refractivity contribution in [3.05, 3.63) is 54.0 Å². The quantitative estimate of drug-likeness (QED) is 0.767. The molecule has 2 heterocycles. The lowest BCUT2D eigenvalue weighted by atomic mass is 9.98. The lowest BCUT2D eigenvalue weighted by molar-refractivity contribution is -0.123. The van der Waals surface area contributed by atoms with Crippen LogP contribution < -0.4 is 16.0 Å². The summed E-state index contributed by atoms with van der Waals surface area (Å²) in [6, 6.07) is 9.13. The van der Waals surface area contributed by atoms with Crippen molar-refractivity contribution in [1.29, 1.82) is 0 Å². The van der Waals surface area contributed by atoms with Gasteiger partial charge < -0.3 is 16.0 Å². The third-order valence-corrected chi connectivity index (χ3v) is 4.24. The molecule has 1 aromatic carbocycles. The second-order valence-electron chi connectivity index (χ2n) is 6.12. The highest BCUT2D eigenvalue weighted by molar-refractivity contribution is 5.94. The van der Waals surface area contributed by atoms with Crippen LogP contribution in [0.2, 0.25) is 0 Å². The number of amides is 2. The summed E-state index contributed by atoms with van der Waals surface area (Å²) >= 11 is 0. The second kappa shape index (κ2) is 7.74. The fourth-order valence-corrected chi connectivity index (χ4v) is 2.82. The SMILES string of the molecule is CC1NC(=O)CCC1NC(=O)c1cccc(CNc2ccncn2)c1. The van der Waals surface area contributed by atoms with Gasteiger partial charge in [-0.3, -0.25) is 9.59 Å². The number of aromatic nitrogens is 2. The minimum absolute atomic E-state index is 0.0378. The highest BCUT2D eigenvalue weighted by Gasteiger charge is 2.26. The third kappa shape index (κ3) is 4.53. The number of nitrogens with one attached hydrogen (secondary N) is 3. The number of hydrogen-bond acceptors (Lipinski definition) is 5. The van der Waals surface area contributed by atoms with Gasteiger partial charge in [0.1, 0.15) is 12.1 Å². The first-order valence-corrected chi connectivity index (χ1v) is 8.31. The van der Waals surface area contributed by atoms with Crippen molar-refractivity contribution < 1.29 is 9.59 Å². The van der Waals surface area contributed by atoms with Gasteiger partial charge in [-0.05, 0) is 37.1 Å². The van der Waals surface area contributed by atoms with Crippen LogP contribution in [0.1, 0.15) is 35.7 Å². The van der Waals surface area contributed by atoms with E-state index in [4.69, 9.17) is 0 Å². The van der Waals surface area contributed by atoms with Crippen LogP contribution in [0.25, 0.3) is 0 Å². The Labute approximate surface area is 146 Å². The Morgan fingerprint density at radius 3 is 3.00 bits per heavy atom. The molecule has 2 aromatic rings. The Balaban J connectivity index is 1.60. The van der Waals surface area contributed by atoms with Gasteiger partial charge in [0.05, 0.1) is 0 Å². The number of nitrogens with zero attached hydrogens (tertiary/aromatic N) is 2. The Morgan fingerprint density at radius 1 is 1.36 bits per heavy atom. The fourth-order valence-electron chi connectivity index (χ4n) is 2.82. The molecule has 2 unspecified atom stereocenters. The smallest absolute Gasteiger partial charge is 0.251 e. The van der Waals surface area contributed by atoms with Crippen LogP contribution >= 0.6 is 0 Å². The molecule has 1 aliphatic rings. The van der Waals surface area contributed by atoms with Crippen LogP contribution in [0.5, 0.6) is 0 Å². The number of rotatable bonds is 5. The number of anilines is 1. The van der Waals surface area contributed by atoms with E-state index >= 15 is 0 Å². The molecule has 25 heavy (non-hydrogen) atoms. The van der Waals surface area contributed by atoms with Crippen molar-refractivity contribution in [1.82, 2.24) is 20.6 Å². The molecule has 130 valence electrons. The van der Waals surface area contributed by atoms with E-state index < -0.39 is 0 Å². The lowest BCUT2D eigenvalue weighted by Crippen LogP contribution is -2.53. The summed E-state index contributed by atoms with van der Waals surface area (Å²) in [4.78, 5) is 31.9. The molecule has 0 aliphatic carbocycles. The number of benzene rings is 1. The molecule has 1 aromatic heterocycles. The van der Waals surface area contributed by atoms with Crippen LogP contribution in [0, 0.1) is 0 Å². The molecule has 0 saturated carbocycles. The highest BCUT2D eigenvalue weighted by atomic mass is 16.2. The summed E-state index contributed by atoms with van der Waals surface area (Å²) in [6.45, 7) is 2.47. The maximum atomic E-state index is 12.5. The summed E-state index contributed by atoms with van der Waals surface area (Å²) in [6.07, 6.45) is 4.26. The average molecular weight is 339 g/mol. The van der Waals surface area contributed by atoms with Crippen LogP contribution in [0.3, 0.4) is 0 Å². The van der Waals surface area contributed by atoms with E-state index in [0.717, 1.165) is 11.4 Å². The molecule has 1 aliphatic heterocycles. The van der Waals surface area contributed by atoms with Gasteiger partial charge in [-0.25, -0.2) is 9.97 Å². The van der Waals surface area contributed by atoms with Gasteiger partial charge in [0.25, 0.3) is 5.91 Å². The zero-order valence-electron chi connectivity index (χ0n) is 14.0. The van der Waals surface area contributed by atoms with Gasteiger partial charge in [0.2, 0.25) is 5.91 Å². The van der Waals surface area contributed by atoms with Crippen LogP contribution in [0.15, 0.2) is 42.9 Å². The van der Waals surface area contributed by atoms with Crippen molar-refractivity contribution in [2.75, 3.05) is 5.32 Å². The van der Waals surface area contributed by atoms with Crippen molar-refractivity contribution in [2.45, 2.75) is 38.4 Å². The van der Waals surface area contributed by atoms with Gasteiger partial charge in [0, 0.05) is 36.8 Å². The first-order chi connectivity index (χ1) is 12.1. The topological polar surface area (TPSA) is 96.0 Å². The summed E-state index contributed by atoms with van der Waals surface area (Å²) < 4.78 is 0. The van der Waals surface area contributed by atoms with Crippen molar-refractivity contribution in [3.8, 4) is 0 Å². The second-order valence-corrected chi connectivity index (χ2v) is 6.12.